The summed E-state index contributed by atoms with van der Waals surface area (Å²) >= 11 is 1.82. The Morgan fingerprint density at radius 3 is 1.88 bits per heavy atom. The molecule has 50 heavy (non-hydrogen) atoms. The molecule has 0 bridgehead atoms. The van der Waals surface area contributed by atoms with Crippen LogP contribution in [0.1, 0.15) is 18.9 Å². The van der Waals surface area contributed by atoms with Crippen molar-refractivity contribution in [2.45, 2.75) is 18.5 Å². The van der Waals surface area contributed by atoms with Crippen molar-refractivity contribution in [3.8, 4) is 22.4 Å². The number of fused-ring (bicyclic) bond motifs is 5. The van der Waals surface area contributed by atoms with Gasteiger partial charge in [-0.25, -0.2) is 4.98 Å². The second-order valence-corrected chi connectivity index (χ2v) is 17.6. The highest BCUT2D eigenvalue weighted by molar-refractivity contribution is 7.80. The molecule has 2 nitrogen and oxygen atoms in total. The van der Waals surface area contributed by atoms with Crippen molar-refractivity contribution < 1.29 is 4.57 Å². The monoisotopic (exact) mass is 679 g/mol. The summed E-state index contributed by atoms with van der Waals surface area (Å²) in [7, 11) is -2.99. The molecular formula is C46H34NOPS. The van der Waals surface area contributed by atoms with E-state index < -0.39 is 12.3 Å². The molecule has 1 unspecified atom stereocenters. The maximum Gasteiger partial charge on any atom is 0.152 e. The predicted octanol–water partition coefficient (Wildman–Crippen LogP) is 12.1. The van der Waals surface area contributed by atoms with Crippen molar-refractivity contribution >= 4 is 65.7 Å². The van der Waals surface area contributed by atoms with E-state index in [1.54, 1.807) is 0 Å². The molecular weight excluding hydrogens is 646 g/mol. The Morgan fingerprint density at radius 1 is 0.620 bits per heavy atom. The normalized spacial score (nSPS) is 16.2. The quantitative estimate of drug-likeness (QED) is 0.164. The fraction of sp³-hybridized carbons (Fsp3) is 0.0652. The summed E-state index contributed by atoms with van der Waals surface area (Å²) in [5, 5.41) is 4.98. The zero-order valence-corrected chi connectivity index (χ0v) is 29.4. The van der Waals surface area contributed by atoms with Gasteiger partial charge in [-0.15, -0.1) is 11.3 Å². The number of para-hydroxylation sites is 1. The van der Waals surface area contributed by atoms with Crippen LogP contribution in [0.15, 0.2) is 176 Å². The summed E-state index contributed by atoms with van der Waals surface area (Å²) in [4.78, 5) is 5.41. The van der Waals surface area contributed by atoms with Gasteiger partial charge in [0.15, 0.2) is 7.14 Å². The third-order valence-corrected chi connectivity index (χ3v) is 15.2. The molecule has 0 saturated heterocycles. The van der Waals surface area contributed by atoms with E-state index in [1.807, 2.05) is 72.0 Å². The van der Waals surface area contributed by atoms with Crippen molar-refractivity contribution in [1.29, 1.82) is 0 Å². The average Bonchev–Trinajstić information content (AvgIpc) is 3.58. The minimum absolute atomic E-state index is 0.540. The van der Waals surface area contributed by atoms with Crippen LogP contribution in [0.25, 0.3) is 59.0 Å². The second-order valence-electron chi connectivity index (χ2n) is 13.2. The summed E-state index contributed by atoms with van der Waals surface area (Å²) in [6.07, 6.45) is 7.30. The number of hydrogen-bond acceptors (Lipinski definition) is 3. The van der Waals surface area contributed by atoms with Gasteiger partial charge in [-0.2, -0.15) is 0 Å². The van der Waals surface area contributed by atoms with E-state index in [1.165, 1.54) is 25.6 Å². The van der Waals surface area contributed by atoms with E-state index in [-0.39, 0.29) is 0 Å². The van der Waals surface area contributed by atoms with Gasteiger partial charge in [-0.3, -0.25) is 0 Å². The molecule has 0 spiro atoms. The van der Waals surface area contributed by atoms with Crippen molar-refractivity contribution in [3.63, 3.8) is 0 Å². The van der Waals surface area contributed by atoms with Crippen LogP contribution >= 0.6 is 18.5 Å². The zero-order chi connectivity index (χ0) is 33.7. The lowest BCUT2D eigenvalue weighted by Gasteiger charge is -2.37. The molecule has 0 N–H and O–H groups in total. The van der Waals surface area contributed by atoms with Gasteiger partial charge >= 0.3 is 0 Å². The van der Waals surface area contributed by atoms with Crippen LogP contribution in [-0.4, -0.2) is 10.1 Å². The highest BCUT2D eigenvalue weighted by Crippen LogP contribution is 2.60. The number of aromatic nitrogens is 1. The molecule has 240 valence electrons. The number of thiophene rings is 1. The molecule has 4 heteroatoms. The van der Waals surface area contributed by atoms with E-state index in [2.05, 4.69) is 122 Å². The molecule has 0 aliphatic heterocycles. The number of rotatable bonds is 6. The number of benzene rings is 6. The van der Waals surface area contributed by atoms with Crippen LogP contribution in [-0.2, 0) is 4.57 Å². The van der Waals surface area contributed by atoms with E-state index in [0.717, 1.165) is 49.6 Å². The lowest BCUT2D eigenvalue weighted by Crippen LogP contribution is -2.34. The first-order valence-corrected chi connectivity index (χ1v) is 19.6. The van der Waals surface area contributed by atoms with Gasteiger partial charge in [0.25, 0.3) is 0 Å². The topological polar surface area (TPSA) is 30.0 Å². The van der Waals surface area contributed by atoms with E-state index in [4.69, 9.17) is 4.98 Å². The fourth-order valence-corrected chi connectivity index (χ4v) is 12.1. The SMILES string of the molecule is CC1(P(=O)(c2ccccc2)c2ccccc2)C=CC(c2ccc(-c3cccc4c3nc(-c3ccccc3)c3sc5ccccc5c34)cc2)=CC1. The highest BCUT2D eigenvalue weighted by atomic mass is 32.1. The first kappa shape index (κ1) is 30.7. The first-order chi connectivity index (χ1) is 24.5. The Hall–Kier alpha value is -5.34. The van der Waals surface area contributed by atoms with Gasteiger partial charge < -0.3 is 4.57 Å². The summed E-state index contributed by atoms with van der Waals surface area (Å²) in [6, 6.07) is 54.6. The molecule has 8 aromatic rings. The van der Waals surface area contributed by atoms with E-state index >= 15 is 4.57 Å². The number of hydrogen-bond donors (Lipinski definition) is 0. The lowest BCUT2D eigenvalue weighted by atomic mass is 9.92. The molecule has 6 aromatic carbocycles. The minimum Gasteiger partial charge on any atom is -0.313 e. The van der Waals surface area contributed by atoms with E-state index in [0.29, 0.717) is 6.42 Å². The molecule has 0 radical (unpaired) electrons. The summed E-state index contributed by atoms with van der Waals surface area (Å²) in [5.74, 6) is 0. The Balaban J connectivity index is 1.10. The molecule has 2 aromatic heterocycles. The van der Waals surface area contributed by atoms with Crippen molar-refractivity contribution in [1.82, 2.24) is 4.98 Å². The first-order valence-electron chi connectivity index (χ1n) is 17.0. The summed E-state index contributed by atoms with van der Waals surface area (Å²) < 4.78 is 17.7. The third kappa shape index (κ3) is 4.92. The Labute approximate surface area is 296 Å². The van der Waals surface area contributed by atoms with Crippen LogP contribution in [0.3, 0.4) is 0 Å². The molecule has 9 rings (SSSR count). The lowest BCUT2D eigenvalue weighted by molar-refractivity contribution is 0.565. The Kier molecular flexibility index (Phi) is 7.50. The summed E-state index contributed by atoms with van der Waals surface area (Å²) in [5.41, 5.74) is 7.72. The molecule has 2 heterocycles. The molecule has 0 fully saturated rings. The van der Waals surface area contributed by atoms with Gasteiger partial charge in [0.2, 0.25) is 0 Å². The largest absolute Gasteiger partial charge is 0.313 e. The minimum atomic E-state index is -2.99. The molecule has 0 amide bonds. The maximum atomic E-state index is 15.2. The highest BCUT2D eigenvalue weighted by Gasteiger charge is 2.45. The van der Waals surface area contributed by atoms with Gasteiger partial charge in [0, 0.05) is 42.6 Å². The van der Waals surface area contributed by atoms with Crippen LogP contribution in [0, 0.1) is 0 Å². The van der Waals surface area contributed by atoms with Crippen molar-refractivity contribution in [3.05, 3.63) is 182 Å². The van der Waals surface area contributed by atoms with Crippen LogP contribution in [0.4, 0.5) is 0 Å². The average molecular weight is 680 g/mol. The van der Waals surface area contributed by atoms with Gasteiger partial charge in [-0.1, -0.05) is 170 Å². The van der Waals surface area contributed by atoms with Crippen LogP contribution < -0.4 is 10.6 Å². The van der Waals surface area contributed by atoms with Crippen LogP contribution in [0.2, 0.25) is 0 Å². The molecule has 0 saturated carbocycles. The molecule has 1 aliphatic carbocycles. The van der Waals surface area contributed by atoms with E-state index in [9.17, 15) is 0 Å². The molecule has 1 aliphatic rings. The smallest absolute Gasteiger partial charge is 0.152 e. The molecule has 1 atom stereocenters. The maximum absolute atomic E-state index is 15.2. The Morgan fingerprint density at radius 2 is 1.22 bits per heavy atom. The number of pyridine rings is 1. The van der Waals surface area contributed by atoms with Gasteiger partial charge in [0.1, 0.15) is 0 Å². The van der Waals surface area contributed by atoms with Gasteiger partial charge in [-0.05, 0) is 36.1 Å². The number of nitrogens with zero attached hydrogens (tertiary/aromatic N) is 1. The van der Waals surface area contributed by atoms with Crippen molar-refractivity contribution in [2.75, 3.05) is 0 Å². The summed E-state index contributed by atoms with van der Waals surface area (Å²) in [6.45, 7) is 2.14. The predicted molar refractivity (Wildman–Crippen MR) is 215 cm³/mol. The second kappa shape index (κ2) is 12.2. The standard InChI is InChI=1S/C46H34NOPS/c1-46(49(48,36-16-7-3-8-17-36)37-18-9-4-10-19-37)30-28-33(29-31-46)32-24-26-34(27-25-32)38-21-13-22-40-42-39-20-11-12-23-41(39)50-45(42)43(47-44(38)40)35-14-5-2-6-15-35/h2-30H,31H2,1H3. The van der Waals surface area contributed by atoms with Crippen molar-refractivity contribution in [2.24, 2.45) is 0 Å². The third-order valence-electron chi connectivity index (χ3n) is 10.2. The van der Waals surface area contributed by atoms with Gasteiger partial charge in [0.05, 0.1) is 21.1 Å². The van der Waals surface area contributed by atoms with Crippen LogP contribution in [0.5, 0.6) is 0 Å². The Bertz CT molecular complexity index is 2600. The fourth-order valence-electron chi connectivity index (χ4n) is 7.56. The zero-order valence-electron chi connectivity index (χ0n) is 27.7. The number of allylic oxidation sites excluding steroid dienone is 4.